The fraction of sp³-hybridized carbons (Fsp3) is 0.533. The molecular formula is C15H18BrNO2. The fourth-order valence-corrected chi connectivity index (χ4v) is 3.28. The summed E-state index contributed by atoms with van der Waals surface area (Å²) in [4.78, 5) is 4.66. The van der Waals surface area contributed by atoms with Crippen molar-refractivity contribution in [2.75, 3.05) is 6.61 Å². The summed E-state index contributed by atoms with van der Waals surface area (Å²) in [5, 5.41) is 0. The van der Waals surface area contributed by atoms with Crippen molar-refractivity contribution >= 4 is 21.8 Å². The largest absolute Gasteiger partial charge is 0.476 e. The van der Waals surface area contributed by atoms with Gasteiger partial charge in [-0.1, -0.05) is 34.1 Å². The molecule has 0 bridgehead atoms. The van der Waals surface area contributed by atoms with E-state index >= 15 is 0 Å². The second-order valence-corrected chi connectivity index (χ2v) is 7.02. The van der Waals surface area contributed by atoms with Crippen molar-refractivity contribution in [1.29, 1.82) is 0 Å². The van der Waals surface area contributed by atoms with Gasteiger partial charge in [-0.25, -0.2) is 4.99 Å². The van der Waals surface area contributed by atoms with Gasteiger partial charge in [-0.2, -0.15) is 0 Å². The lowest BCUT2D eigenvalue weighted by Crippen LogP contribution is -2.28. The Kier molecular flexibility index (Phi) is 2.64. The molecule has 0 N–H and O–H groups in total. The van der Waals surface area contributed by atoms with Gasteiger partial charge in [-0.3, -0.25) is 0 Å². The Morgan fingerprint density at radius 1 is 1.11 bits per heavy atom. The molecular weight excluding hydrogens is 306 g/mol. The van der Waals surface area contributed by atoms with Gasteiger partial charge in [-0.05, 0) is 33.8 Å². The van der Waals surface area contributed by atoms with E-state index in [1.54, 1.807) is 0 Å². The predicted molar refractivity (Wildman–Crippen MR) is 78.5 cm³/mol. The van der Waals surface area contributed by atoms with Crippen LogP contribution in [-0.2, 0) is 15.1 Å². The van der Waals surface area contributed by atoms with Crippen LogP contribution in [0.3, 0.4) is 0 Å². The molecule has 102 valence electrons. The van der Waals surface area contributed by atoms with Crippen LogP contribution in [0.25, 0.3) is 0 Å². The second kappa shape index (κ2) is 3.83. The SMILES string of the molecule is CC1(C)COC([C@]2(C)O[C@]2(C)c2ccccc2Br)=N1. The van der Waals surface area contributed by atoms with E-state index < -0.39 is 5.60 Å². The molecule has 0 amide bonds. The molecule has 2 aliphatic heterocycles. The van der Waals surface area contributed by atoms with Crippen LogP contribution in [0.5, 0.6) is 0 Å². The molecule has 0 radical (unpaired) electrons. The molecule has 0 saturated carbocycles. The van der Waals surface area contributed by atoms with Crippen LogP contribution < -0.4 is 0 Å². The first-order chi connectivity index (χ1) is 8.79. The molecule has 1 aromatic carbocycles. The Balaban J connectivity index is 1.97. The maximum absolute atomic E-state index is 6.05. The number of nitrogens with zero attached hydrogens (tertiary/aromatic N) is 1. The number of hydrogen-bond acceptors (Lipinski definition) is 3. The van der Waals surface area contributed by atoms with Crippen molar-refractivity contribution in [3.8, 4) is 0 Å². The van der Waals surface area contributed by atoms with Gasteiger partial charge in [0.15, 0.2) is 5.60 Å². The molecule has 2 atom stereocenters. The zero-order chi connectivity index (χ0) is 13.9. The highest BCUT2D eigenvalue weighted by Crippen LogP contribution is 2.58. The van der Waals surface area contributed by atoms with Gasteiger partial charge in [0.05, 0.1) is 5.54 Å². The Bertz CT molecular complexity index is 569. The van der Waals surface area contributed by atoms with E-state index in [0.29, 0.717) is 6.61 Å². The molecule has 0 aliphatic carbocycles. The Hall–Kier alpha value is -0.870. The molecule has 1 saturated heterocycles. The monoisotopic (exact) mass is 323 g/mol. The molecule has 0 unspecified atom stereocenters. The number of halogens is 1. The van der Waals surface area contributed by atoms with Gasteiger partial charge in [0, 0.05) is 10.0 Å². The van der Waals surface area contributed by atoms with E-state index in [1.807, 2.05) is 25.1 Å². The van der Waals surface area contributed by atoms with E-state index in [1.165, 1.54) is 0 Å². The molecule has 2 aliphatic rings. The van der Waals surface area contributed by atoms with Crippen LogP contribution in [0.15, 0.2) is 33.7 Å². The van der Waals surface area contributed by atoms with Crippen LogP contribution in [0, 0.1) is 0 Å². The number of rotatable bonds is 2. The van der Waals surface area contributed by atoms with Gasteiger partial charge in [-0.15, -0.1) is 0 Å². The standard InChI is InChI=1S/C15H18BrNO2/c1-13(2)9-18-12(17-13)15(4)14(3,19-15)10-7-5-6-8-11(10)16/h5-8H,9H2,1-4H3/t14-,15+/m1/s1. The Morgan fingerprint density at radius 3 is 2.37 bits per heavy atom. The number of aliphatic imine (C=N–C) groups is 1. The molecule has 1 aromatic rings. The lowest BCUT2D eigenvalue weighted by molar-refractivity contribution is 0.247. The fourth-order valence-electron chi connectivity index (χ4n) is 2.62. The first-order valence-electron chi connectivity index (χ1n) is 6.47. The minimum absolute atomic E-state index is 0.154. The normalized spacial score (nSPS) is 35.7. The third-order valence-corrected chi connectivity index (χ3v) is 4.73. The van der Waals surface area contributed by atoms with Crippen molar-refractivity contribution in [3.63, 3.8) is 0 Å². The summed E-state index contributed by atoms with van der Waals surface area (Å²) in [5.41, 5.74) is 0.129. The highest BCUT2D eigenvalue weighted by molar-refractivity contribution is 9.10. The van der Waals surface area contributed by atoms with Gasteiger partial charge in [0.1, 0.15) is 12.2 Å². The quantitative estimate of drug-likeness (QED) is 0.778. The molecule has 4 heteroatoms. The van der Waals surface area contributed by atoms with Crippen molar-refractivity contribution in [2.45, 2.75) is 44.4 Å². The van der Waals surface area contributed by atoms with Crippen molar-refractivity contribution in [3.05, 3.63) is 34.3 Å². The van der Waals surface area contributed by atoms with Crippen LogP contribution in [0.4, 0.5) is 0 Å². The third kappa shape index (κ3) is 1.84. The van der Waals surface area contributed by atoms with Gasteiger partial charge < -0.3 is 9.47 Å². The molecule has 19 heavy (non-hydrogen) atoms. The summed E-state index contributed by atoms with van der Waals surface area (Å²) in [6, 6.07) is 8.14. The number of benzene rings is 1. The van der Waals surface area contributed by atoms with E-state index in [4.69, 9.17) is 9.47 Å². The van der Waals surface area contributed by atoms with Crippen molar-refractivity contribution < 1.29 is 9.47 Å². The van der Waals surface area contributed by atoms with E-state index in [9.17, 15) is 0 Å². The molecule has 3 nitrogen and oxygen atoms in total. The highest BCUT2D eigenvalue weighted by atomic mass is 79.9. The minimum atomic E-state index is -0.468. The summed E-state index contributed by atoms with van der Waals surface area (Å²) in [7, 11) is 0. The Labute approximate surface area is 122 Å². The number of ether oxygens (including phenoxy) is 2. The molecule has 3 rings (SSSR count). The predicted octanol–water partition coefficient (Wildman–Crippen LogP) is 3.66. The first kappa shape index (κ1) is 13.1. The summed E-state index contributed by atoms with van der Waals surface area (Å²) >= 11 is 3.59. The van der Waals surface area contributed by atoms with Crippen molar-refractivity contribution in [1.82, 2.24) is 0 Å². The van der Waals surface area contributed by atoms with E-state index in [0.717, 1.165) is 15.9 Å². The summed E-state index contributed by atoms with van der Waals surface area (Å²) in [6.07, 6.45) is 0. The lowest BCUT2D eigenvalue weighted by Gasteiger charge is -2.14. The lowest BCUT2D eigenvalue weighted by atomic mass is 9.88. The van der Waals surface area contributed by atoms with Crippen LogP contribution in [0.2, 0.25) is 0 Å². The minimum Gasteiger partial charge on any atom is -0.476 e. The van der Waals surface area contributed by atoms with Crippen LogP contribution in [-0.4, -0.2) is 23.6 Å². The van der Waals surface area contributed by atoms with Crippen LogP contribution >= 0.6 is 15.9 Å². The topological polar surface area (TPSA) is 34.1 Å². The first-order valence-corrected chi connectivity index (χ1v) is 7.26. The highest BCUT2D eigenvalue weighted by Gasteiger charge is 2.70. The molecule has 0 spiro atoms. The molecule has 0 aromatic heterocycles. The Morgan fingerprint density at radius 2 is 1.79 bits per heavy atom. The average molecular weight is 324 g/mol. The zero-order valence-electron chi connectivity index (χ0n) is 11.7. The summed E-state index contributed by atoms with van der Waals surface area (Å²) in [6.45, 7) is 8.90. The maximum Gasteiger partial charge on any atom is 0.220 e. The van der Waals surface area contributed by atoms with Crippen LogP contribution in [0.1, 0.15) is 33.3 Å². The second-order valence-electron chi connectivity index (χ2n) is 6.17. The number of epoxide rings is 1. The zero-order valence-corrected chi connectivity index (χ0v) is 13.2. The summed E-state index contributed by atoms with van der Waals surface area (Å²) in [5.74, 6) is 0.718. The summed E-state index contributed by atoms with van der Waals surface area (Å²) < 4.78 is 12.9. The number of hydrogen-bond donors (Lipinski definition) is 0. The van der Waals surface area contributed by atoms with E-state index in [-0.39, 0.29) is 11.1 Å². The third-order valence-electron chi connectivity index (χ3n) is 4.04. The van der Waals surface area contributed by atoms with Gasteiger partial charge in [0.2, 0.25) is 5.90 Å². The molecule has 2 heterocycles. The smallest absolute Gasteiger partial charge is 0.220 e. The molecule has 1 fully saturated rings. The maximum atomic E-state index is 6.05. The average Bonchev–Trinajstić information content (AvgIpc) is 2.71. The van der Waals surface area contributed by atoms with Gasteiger partial charge >= 0.3 is 0 Å². The van der Waals surface area contributed by atoms with Crippen molar-refractivity contribution in [2.24, 2.45) is 4.99 Å². The van der Waals surface area contributed by atoms with Gasteiger partial charge in [0.25, 0.3) is 0 Å². The van der Waals surface area contributed by atoms with E-state index in [2.05, 4.69) is 47.8 Å².